The zero-order valence-electron chi connectivity index (χ0n) is 10.2. The van der Waals surface area contributed by atoms with Crippen LogP contribution in [-0.2, 0) is 0 Å². The summed E-state index contributed by atoms with van der Waals surface area (Å²) in [7, 11) is 0. The van der Waals surface area contributed by atoms with Crippen molar-refractivity contribution in [1.82, 2.24) is 9.97 Å². The second kappa shape index (κ2) is 3.40. The fourth-order valence-electron chi connectivity index (χ4n) is 2.44. The van der Waals surface area contributed by atoms with Crippen molar-refractivity contribution in [3.63, 3.8) is 0 Å². The molecule has 2 rings (SSSR count). The van der Waals surface area contributed by atoms with Gasteiger partial charge in [0.2, 0.25) is 5.95 Å². The van der Waals surface area contributed by atoms with E-state index in [1.165, 1.54) is 12.4 Å². The van der Waals surface area contributed by atoms with Crippen molar-refractivity contribution in [2.75, 3.05) is 11.9 Å². The van der Waals surface area contributed by atoms with Gasteiger partial charge in [0.25, 0.3) is 0 Å². The zero-order valence-corrected chi connectivity index (χ0v) is 10.2. The first-order chi connectivity index (χ1) is 7.35. The third kappa shape index (κ3) is 1.66. The van der Waals surface area contributed by atoms with Crippen LogP contribution in [0.2, 0.25) is 0 Å². The number of hydrogen-bond donors (Lipinski definition) is 1. The SMILES string of the molecule is CC1(C)C(CNc2ncc(F)cn2)C1(C)C. The van der Waals surface area contributed by atoms with Crippen molar-refractivity contribution in [2.45, 2.75) is 27.7 Å². The van der Waals surface area contributed by atoms with Gasteiger partial charge in [-0.2, -0.15) is 0 Å². The van der Waals surface area contributed by atoms with Crippen LogP contribution in [-0.4, -0.2) is 16.5 Å². The fourth-order valence-corrected chi connectivity index (χ4v) is 2.44. The van der Waals surface area contributed by atoms with E-state index >= 15 is 0 Å². The molecule has 4 heteroatoms. The Bertz CT molecular complexity index is 370. The van der Waals surface area contributed by atoms with E-state index in [2.05, 4.69) is 43.0 Å². The lowest BCUT2D eigenvalue weighted by atomic mass is 10.0. The highest BCUT2D eigenvalue weighted by Crippen LogP contribution is 2.68. The fraction of sp³-hybridized carbons (Fsp3) is 0.667. The molecule has 88 valence electrons. The van der Waals surface area contributed by atoms with Crippen LogP contribution in [0.1, 0.15) is 27.7 Å². The van der Waals surface area contributed by atoms with E-state index in [1.54, 1.807) is 0 Å². The van der Waals surface area contributed by atoms with Gasteiger partial charge in [-0.05, 0) is 16.7 Å². The Hall–Kier alpha value is -1.19. The first-order valence-corrected chi connectivity index (χ1v) is 5.57. The minimum absolute atomic E-state index is 0.347. The van der Waals surface area contributed by atoms with E-state index in [4.69, 9.17) is 0 Å². The van der Waals surface area contributed by atoms with Crippen LogP contribution in [0.4, 0.5) is 10.3 Å². The van der Waals surface area contributed by atoms with Crippen molar-refractivity contribution >= 4 is 5.95 Å². The molecule has 1 aromatic heterocycles. The van der Waals surface area contributed by atoms with Gasteiger partial charge in [-0.1, -0.05) is 27.7 Å². The maximum Gasteiger partial charge on any atom is 0.222 e. The lowest BCUT2D eigenvalue weighted by molar-refractivity contribution is 0.457. The summed E-state index contributed by atoms with van der Waals surface area (Å²) >= 11 is 0. The molecule has 1 heterocycles. The molecule has 0 spiro atoms. The minimum Gasteiger partial charge on any atom is -0.354 e. The van der Waals surface area contributed by atoms with Crippen LogP contribution >= 0.6 is 0 Å². The molecule has 0 aliphatic heterocycles. The summed E-state index contributed by atoms with van der Waals surface area (Å²) in [6.45, 7) is 9.91. The van der Waals surface area contributed by atoms with E-state index in [1.807, 2.05) is 0 Å². The summed E-state index contributed by atoms with van der Waals surface area (Å²) in [6.07, 6.45) is 2.36. The molecule has 0 saturated heterocycles. The van der Waals surface area contributed by atoms with E-state index in [0.29, 0.717) is 22.7 Å². The Labute approximate surface area is 95.5 Å². The van der Waals surface area contributed by atoms with Gasteiger partial charge in [0.15, 0.2) is 5.82 Å². The van der Waals surface area contributed by atoms with Gasteiger partial charge in [0.05, 0.1) is 12.4 Å². The van der Waals surface area contributed by atoms with Crippen LogP contribution < -0.4 is 5.32 Å². The summed E-state index contributed by atoms with van der Waals surface area (Å²) < 4.78 is 12.6. The molecule has 0 atom stereocenters. The Kier molecular flexibility index (Phi) is 2.40. The first kappa shape index (κ1) is 11.3. The normalized spacial score (nSPS) is 21.8. The molecule has 0 aromatic carbocycles. The quantitative estimate of drug-likeness (QED) is 0.856. The third-order valence-corrected chi connectivity index (χ3v) is 4.40. The van der Waals surface area contributed by atoms with Gasteiger partial charge >= 0.3 is 0 Å². The van der Waals surface area contributed by atoms with Gasteiger partial charge < -0.3 is 5.32 Å². The lowest BCUT2D eigenvalue weighted by Crippen LogP contribution is -2.10. The van der Waals surface area contributed by atoms with E-state index in [-0.39, 0.29) is 0 Å². The number of rotatable bonds is 3. The van der Waals surface area contributed by atoms with Crippen molar-refractivity contribution in [3.8, 4) is 0 Å². The highest BCUT2D eigenvalue weighted by molar-refractivity contribution is 5.26. The maximum atomic E-state index is 12.6. The van der Waals surface area contributed by atoms with Crippen LogP contribution in [0.15, 0.2) is 12.4 Å². The number of hydrogen-bond acceptors (Lipinski definition) is 3. The minimum atomic E-state index is -0.405. The van der Waals surface area contributed by atoms with Crippen LogP contribution in [0.3, 0.4) is 0 Å². The van der Waals surface area contributed by atoms with E-state index in [9.17, 15) is 4.39 Å². The summed E-state index contributed by atoms with van der Waals surface area (Å²) in [4.78, 5) is 7.75. The molecule has 1 aliphatic carbocycles. The standard InChI is InChI=1S/C12H18FN3/c1-11(2)9(12(11,3)4)7-16-10-14-5-8(13)6-15-10/h5-6,9H,7H2,1-4H3,(H,14,15,16). The van der Waals surface area contributed by atoms with Crippen LogP contribution in [0.5, 0.6) is 0 Å². The summed E-state index contributed by atoms with van der Waals surface area (Å²) in [5.74, 6) is 0.700. The second-order valence-corrected chi connectivity index (χ2v) is 5.60. The largest absolute Gasteiger partial charge is 0.354 e. The highest BCUT2D eigenvalue weighted by Gasteiger charge is 2.64. The predicted molar refractivity (Wildman–Crippen MR) is 61.5 cm³/mol. The summed E-state index contributed by atoms with van der Waals surface area (Å²) in [5.41, 5.74) is 0.695. The Balaban J connectivity index is 1.93. The Morgan fingerprint density at radius 3 is 2.12 bits per heavy atom. The summed E-state index contributed by atoms with van der Waals surface area (Å²) in [6, 6.07) is 0. The number of anilines is 1. The monoisotopic (exact) mass is 223 g/mol. The van der Waals surface area contributed by atoms with Gasteiger partial charge in [0, 0.05) is 6.54 Å². The molecule has 1 fully saturated rings. The molecule has 1 N–H and O–H groups in total. The average molecular weight is 223 g/mol. The third-order valence-electron chi connectivity index (χ3n) is 4.40. The van der Waals surface area contributed by atoms with Crippen molar-refractivity contribution in [1.29, 1.82) is 0 Å². The number of nitrogens with one attached hydrogen (secondary N) is 1. The molecule has 1 saturated carbocycles. The van der Waals surface area contributed by atoms with Gasteiger partial charge in [-0.15, -0.1) is 0 Å². The van der Waals surface area contributed by atoms with Gasteiger partial charge in [-0.25, -0.2) is 14.4 Å². The second-order valence-electron chi connectivity index (χ2n) is 5.60. The van der Waals surface area contributed by atoms with Crippen LogP contribution in [0, 0.1) is 22.6 Å². The van der Waals surface area contributed by atoms with Crippen LogP contribution in [0.25, 0.3) is 0 Å². The molecule has 1 aromatic rings. The molecule has 0 radical (unpaired) electrons. The molecule has 3 nitrogen and oxygen atoms in total. The maximum absolute atomic E-state index is 12.6. The van der Waals surface area contributed by atoms with Gasteiger partial charge in [0.1, 0.15) is 0 Å². The van der Waals surface area contributed by atoms with E-state index in [0.717, 1.165) is 6.54 Å². The molecule has 0 bridgehead atoms. The summed E-state index contributed by atoms with van der Waals surface area (Å²) in [5, 5.41) is 3.16. The number of halogens is 1. The average Bonchev–Trinajstić information content (AvgIpc) is 2.58. The topological polar surface area (TPSA) is 37.8 Å². The van der Waals surface area contributed by atoms with E-state index < -0.39 is 5.82 Å². The first-order valence-electron chi connectivity index (χ1n) is 5.57. The highest BCUT2D eigenvalue weighted by atomic mass is 19.1. The molecular formula is C12H18FN3. The smallest absolute Gasteiger partial charge is 0.222 e. The predicted octanol–water partition coefficient (Wildman–Crippen LogP) is 2.71. The molecular weight excluding hydrogens is 205 g/mol. The molecule has 0 unspecified atom stereocenters. The Morgan fingerprint density at radius 2 is 1.69 bits per heavy atom. The number of nitrogens with zero attached hydrogens (tertiary/aromatic N) is 2. The van der Waals surface area contributed by atoms with Gasteiger partial charge in [-0.3, -0.25) is 0 Å². The molecule has 0 amide bonds. The molecule has 1 aliphatic rings. The molecule has 16 heavy (non-hydrogen) atoms. The zero-order chi connectivity index (χ0) is 12.0. The van der Waals surface area contributed by atoms with Crippen molar-refractivity contribution in [3.05, 3.63) is 18.2 Å². The Morgan fingerprint density at radius 1 is 1.19 bits per heavy atom. The van der Waals surface area contributed by atoms with Crippen molar-refractivity contribution in [2.24, 2.45) is 16.7 Å². The number of aromatic nitrogens is 2. The lowest BCUT2D eigenvalue weighted by Gasteiger charge is -2.05. The van der Waals surface area contributed by atoms with Crippen molar-refractivity contribution < 1.29 is 4.39 Å².